The molecule has 0 saturated heterocycles. The molecule has 0 aliphatic carbocycles. The number of para-hydroxylation sites is 1. The number of carbonyl (C=O) groups is 2. The van der Waals surface area contributed by atoms with Crippen molar-refractivity contribution in [2.24, 2.45) is 0 Å². The molecule has 2 N–H and O–H groups in total. The summed E-state index contributed by atoms with van der Waals surface area (Å²) >= 11 is 0. The second-order valence-electron chi connectivity index (χ2n) is 6.76. The van der Waals surface area contributed by atoms with Gasteiger partial charge in [-0.05, 0) is 30.2 Å². The molecule has 0 spiro atoms. The maximum absolute atomic E-state index is 12.6. The Kier molecular flexibility index (Phi) is 6.95. The standard InChI is InChI=1S/C23H21N3O5/c1-16-11-12-18(26(29)30)13-20(16)25-22(27)15-31-21-10-6-5-9-19(21)23(28)24-14-17-7-3-2-4-8-17/h2-13H,14-15H2,1H3,(H,24,28)(H,25,27). The molecule has 0 saturated carbocycles. The lowest BCUT2D eigenvalue weighted by Gasteiger charge is -2.12. The van der Waals surface area contributed by atoms with Crippen LogP contribution in [-0.2, 0) is 11.3 Å². The highest BCUT2D eigenvalue weighted by Crippen LogP contribution is 2.22. The number of hydrogen-bond acceptors (Lipinski definition) is 5. The Labute approximate surface area is 179 Å². The van der Waals surface area contributed by atoms with Crippen LogP contribution in [0.25, 0.3) is 0 Å². The Morgan fingerprint density at radius 3 is 2.45 bits per heavy atom. The van der Waals surface area contributed by atoms with Crippen molar-refractivity contribution in [3.05, 3.63) is 99.6 Å². The van der Waals surface area contributed by atoms with Crippen LogP contribution in [0.3, 0.4) is 0 Å². The predicted octanol–water partition coefficient (Wildman–Crippen LogP) is 3.85. The van der Waals surface area contributed by atoms with Crippen molar-refractivity contribution in [1.29, 1.82) is 0 Å². The molecule has 2 amide bonds. The van der Waals surface area contributed by atoms with E-state index in [1.54, 1.807) is 37.3 Å². The molecule has 0 aliphatic heterocycles. The highest BCUT2D eigenvalue weighted by atomic mass is 16.6. The van der Waals surface area contributed by atoms with Crippen molar-refractivity contribution in [3.8, 4) is 5.75 Å². The smallest absolute Gasteiger partial charge is 0.271 e. The summed E-state index contributed by atoms with van der Waals surface area (Å²) in [5.74, 6) is -0.559. The SMILES string of the molecule is Cc1ccc([N+](=O)[O-])cc1NC(=O)COc1ccccc1C(=O)NCc1ccccc1. The van der Waals surface area contributed by atoms with Crippen molar-refractivity contribution in [3.63, 3.8) is 0 Å². The van der Waals surface area contributed by atoms with Gasteiger partial charge in [-0.3, -0.25) is 19.7 Å². The van der Waals surface area contributed by atoms with Gasteiger partial charge in [-0.15, -0.1) is 0 Å². The second-order valence-corrected chi connectivity index (χ2v) is 6.76. The molecule has 8 nitrogen and oxygen atoms in total. The first kappa shape index (κ1) is 21.5. The number of non-ortho nitro benzene ring substituents is 1. The van der Waals surface area contributed by atoms with Crippen LogP contribution < -0.4 is 15.4 Å². The minimum Gasteiger partial charge on any atom is -0.483 e. The minimum absolute atomic E-state index is 0.123. The Morgan fingerprint density at radius 1 is 1.00 bits per heavy atom. The number of rotatable bonds is 8. The van der Waals surface area contributed by atoms with Gasteiger partial charge in [0.25, 0.3) is 17.5 Å². The zero-order chi connectivity index (χ0) is 22.2. The largest absolute Gasteiger partial charge is 0.483 e. The number of aryl methyl sites for hydroxylation is 1. The van der Waals surface area contributed by atoms with Crippen molar-refractivity contribution in [2.75, 3.05) is 11.9 Å². The van der Waals surface area contributed by atoms with Crippen molar-refractivity contribution in [2.45, 2.75) is 13.5 Å². The monoisotopic (exact) mass is 419 g/mol. The maximum atomic E-state index is 12.6. The number of nitrogens with one attached hydrogen (secondary N) is 2. The van der Waals surface area contributed by atoms with Gasteiger partial charge in [-0.25, -0.2) is 0 Å². The van der Waals surface area contributed by atoms with Crippen LogP contribution in [0.5, 0.6) is 5.75 Å². The fourth-order valence-electron chi connectivity index (χ4n) is 2.84. The summed E-state index contributed by atoms with van der Waals surface area (Å²) in [5.41, 5.74) is 2.15. The minimum atomic E-state index is -0.532. The van der Waals surface area contributed by atoms with E-state index in [9.17, 15) is 19.7 Å². The first-order valence-electron chi connectivity index (χ1n) is 9.53. The van der Waals surface area contributed by atoms with Gasteiger partial charge in [0.15, 0.2) is 6.61 Å². The summed E-state index contributed by atoms with van der Waals surface area (Å²) in [6.45, 7) is 1.73. The quantitative estimate of drug-likeness (QED) is 0.426. The molecule has 0 bridgehead atoms. The average molecular weight is 419 g/mol. The molecule has 0 atom stereocenters. The Hall–Kier alpha value is -4.20. The molecule has 0 fully saturated rings. The number of nitrogens with zero attached hydrogens (tertiary/aromatic N) is 1. The Bertz CT molecular complexity index is 1100. The van der Waals surface area contributed by atoms with E-state index < -0.39 is 10.8 Å². The van der Waals surface area contributed by atoms with E-state index >= 15 is 0 Å². The molecule has 3 aromatic rings. The fourth-order valence-corrected chi connectivity index (χ4v) is 2.84. The van der Waals surface area contributed by atoms with Gasteiger partial charge in [0, 0.05) is 18.7 Å². The van der Waals surface area contributed by atoms with Crippen LogP contribution in [-0.4, -0.2) is 23.3 Å². The fraction of sp³-hybridized carbons (Fsp3) is 0.130. The predicted molar refractivity (Wildman–Crippen MR) is 116 cm³/mol. The van der Waals surface area contributed by atoms with Gasteiger partial charge in [0.05, 0.1) is 16.2 Å². The van der Waals surface area contributed by atoms with E-state index in [0.29, 0.717) is 23.4 Å². The topological polar surface area (TPSA) is 111 Å². The van der Waals surface area contributed by atoms with Crippen molar-refractivity contribution in [1.82, 2.24) is 5.32 Å². The van der Waals surface area contributed by atoms with Crippen LogP contribution in [0, 0.1) is 17.0 Å². The molecule has 0 radical (unpaired) electrons. The number of ether oxygens (including phenoxy) is 1. The summed E-state index contributed by atoms with van der Waals surface area (Å²) < 4.78 is 5.56. The Morgan fingerprint density at radius 2 is 1.71 bits per heavy atom. The van der Waals surface area contributed by atoms with E-state index in [1.807, 2.05) is 30.3 Å². The number of benzene rings is 3. The third kappa shape index (κ3) is 5.89. The highest BCUT2D eigenvalue weighted by Gasteiger charge is 2.15. The number of nitro benzene ring substituents is 1. The summed E-state index contributed by atoms with van der Waals surface area (Å²) in [6, 6.07) is 20.3. The zero-order valence-electron chi connectivity index (χ0n) is 16.8. The summed E-state index contributed by atoms with van der Waals surface area (Å²) in [4.78, 5) is 35.3. The van der Waals surface area contributed by atoms with E-state index in [0.717, 1.165) is 5.56 Å². The molecule has 3 rings (SSSR count). The van der Waals surface area contributed by atoms with E-state index in [-0.39, 0.29) is 24.0 Å². The normalized spacial score (nSPS) is 10.2. The van der Waals surface area contributed by atoms with Crippen molar-refractivity contribution >= 4 is 23.2 Å². The van der Waals surface area contributed by atoms with Crippen LogP contribution in [0.15, 0.2) is 72.8 Å². The molecule has 0 heterocycles. The summed E-state index contributed by atoms with van der Waals surface area (Å²) in [5, 5.41) is 16.4. The van der Waals surface area contributed by atoms with E-state index in [2.05, 4.69) is 10.6 Å². The number of nitro groups is 1. The third-order valence-corrected chi connectivity index (χ3v) is 4.49. The van der Waals surface area contributed by atoms with Gasteiger partial charge in [-0.1, -0.05) is 48.5 Å². The van der Waals surface area contributed by atoms with Gasteiger partial charge in [0.1, 0.15) is 5.75 Å². The lowest BCUT2D eigenvalue weighted by molar-refractivity contribution is -0.384. The number of amides is 2. The van der Waals surface area contributed by atoms with Gasteiger partial charge in [0.2, 0.25) is 0 Å². The first-order valence-corrected chi connectivity index (χ1v) is 9.53. The summed E-state index contributed by atoms with van der Waals surface area (Å²) in [7, 11) is 0. The van der Waals surface area contributed by atoms with Gasteiger partial charge >= 0.3 is 0 Å². The van der Waals surface area contributed by atoms with Gasteiger partial charge < -0.3 is 15.4 Å². The van der Waals surface area contributed by atoms with Crippen LogP contribution >= 0.6 is 0 Å². The molecular weight excluding hydrogens is 398 g/mol. The molecule has 3 aromatic carbocycles. The molecular formula is C23H21N3O5. The maximum Gasteiger partial charge on any atom is 0.271 e. The zero-order valence-corrected chi connectivity index (χ0v) is 16.8. The lowest BCUT2D eigenvalue weighted by Crippen LogP contribution is -2.25. The molecule has 8 heteroatoms. The molecule has 31 heavy (non-hydrogen) atoms. The average Bonchev–Trinajstić information content (AvgIpc) is 2.78. The number of anilines is 1. The second kappa shape index (κ2) is 10.0. The van der Waals surface area contributed by atoms with Crippen LogP contribution in [0.4, 0.5) is 11.4 Å². The molecule has 0 aliphatic rings. The highest BCUT2D eigenvalue weighted by molar-refractivity contribution is 5.97. The van der Waals surface area contributed by atoms with Crippen molar-refractivity contribution < 1.29 is 19.2 Å². The number of carbonyl (C=O) groups excluding carboxylic acids is 2. The molecule has 0 aromatic heterocycles. The van der Waals surface area contributed by atoms with E-state index in [1.165, 1.54) is 12.1 Å². The van der Waals surface area contributed by atoms with Crippen LogP contribution in [0.1, 0.15) is 21.5 Å². The van der Waals surface area contributed by atoms with E-state index in [4.69, 9.17) is 4.74 Å². The lowest BCUT2D eigenvalue weighted by atomic mass is 10.1. The summed E-state index contributed by atoms with van der Waals surface area (Å²) in [6.07, 6.45) is 0. The number of hydrogen-bond donors (Lipinski definition) is 2. The third-order valence-electron chi connectivity index (χ3n) is 4.49. The van der Waals surface area contributed by atoms with Gasteiger partial charge in [-0.2, -0.15) is 0 Å². The van der Waals surface area contributed by atoms with Crippen LogP contribution in [0.2, 0.25) is 0 Å². The first-order chi connectivity index (χ1) is 14.9. The molecule has 158 valence electrons. The molecule has 0 unspecified atom stereocenters. The Balaban J connectivity index is 1.62.